The van der Waals surface area contributed by atoms with Crippen molar-refractivity contribution in [2.45, 2.75) is 26.1 Å². The molecule has 0 aliphatic carbocycles. The summed E-state index contributed by atoms with van der Waals surface area (Å²) in [7, 11) is 1.61. The van der Waals surface area contributed by atoms with Crippen LogP contribution >= 0.6 is 24.0 Å². The van der Waals surface area contributed by atoms with Crippen molar-refractivity contribution < 1.29 is 19.0 Å². The quantitative estimate of drug-likeness (QED) is 0.189. The number of aliphatic imine (C=N–C) groups is 1. The van der Waals surface area contributed by atoms with E-state index in [1.165, 1.54) is 0 Å². The van der Waals surface area contributed by atoms with Crippen molar-refractivity contribution in [2.24, 2.45) is 4.99 Å². The Hall–Kier alpha value is -1.78. The fourth-order valence-corrected chi connectivity index (χ4v) is 2.42. The molecule has 0 saturated carbocycles. The van der Waals surface area contributed by atoms with Crippen LogP contribution in [0.3, 0.4) is 0 Å². The highest BCUT2D eigenvalue weighted by molar-refractivity contribution is 14.0. The van der Waals surface area contributed by atoms with Gasteiger partial charge in [-0.15, -0.1) is 24.0 Å². The highest BCUT2D eigenvalue weighted by atomic mass is 127. The van der Waals surface area contributed by atoms with Crippen molar-refractivity contribution in [3.63, 3.8) is 0 Å². The molecule has 0 radical (unpaired) electrons. The van der Waals surface area contributed by atoms with E-state index in [0.717, 1.165) is 36.6 Å². The van der Waals surface area contributed by atoms with Crippen LogP contribution < -0.4 is 15.4 Å². The molecule has 3 N–H and O–H groups in total. The lowest BCUT2D eigenvalue weighted by Gasteiger charge is -2.14. The second kappa shape index (κ2) is 14.3. The molecule has 1 atom stereocenters. The molecule has 1 unspecified atom stereocenters. The van der Waals surface area contributed by atoms with E-state index in [2.05, 4.69) is 15.6 Å². The number of hydrogen-bond donors (Lipinski definition) is 3. The van der Waals surface area contributed by atoms with Gasteiger partial charge in [0, 0.05) is 19.7 Å². The van der Waals surface area contributed by atoms with Crippen molar-refractivity contribution in [3.05, 3.63) is 54.0 Å². The topological polar surface area (TPSA) is 88.3 Å². The third-order valence-corrected chi connectivity index (χ3v) is 3.83. The first-order valence-electron chi connectivity index (χ1n) is 9.17. The first kappa shape index (κ1) is 24.3. The maximum atomic E-state index is 10.3. The maximum Gasteiger partial charge on any atom is 0.191 e. The number of guanidine groups is 1. The van der Waals surface area contributed by atoms with Crippen LogP contribution in [0.25, 0.3) is 0 Å². The molecule has 1 aromatic carbocycles. The standard InChI is InChI=1S/C20H29N3O4.HI/c1-3-21-20(22-10-6-11-26-15-18-9-5-12-27-18)23-14-19(24)16-7-4-8-17(13-16)25-2;/h4-5,7-9,12-13,19,24H,3,6,10-11,14-15H2,1-2H3,(H2,21,22,23);1H. The summed E-state index contributed by atoms with van der Waals surface area (Å²) in [6, 6.07) is 11.1. The van der Waals surface area contributed by atoms with Crippen LogP contribution in [0.2, 0.25) is 0 Å². The summed E-state index contributed by atoms with van der Waals surface area (Å²) in [5, 5.41) is 16.8. The Balaban J connectivity index is 0.00000392. The van der Waals surface area contributed by atoms with Crippen LogP contribution in [-0.2, 0) is 11.3 Å². The van der Waals surface area contributed by atoms with E-state index in [1.807, 2.05) is 43.3 Å². The Morgan fingerprint density at radius 1 is 1.25 bits per heavy atom. The molecule has 0 spiro atoms. The first-order valence-corrected chi connectivity index (χ1v) is 9.17. The Morgan fingerprint density at radius 2 is 2.11 bits per heavy atom. The summed E-state index contributed by atoms with van der Waals surface area (Å²) < 4.78 is 16.0. The number of furan rings is 1. The van der Waals surface area contributed by atoms with Crippen molar-refractivity contribution in [1.82, 2.24) is 10.6 Å². The first-order chi connectivity index (χ1) is 13.2. The molecule has 0 fully saturated rings. The molecule has 1 aromatic heterocycles. The molecule has 0 bridgehead atoms. The third-order valence-electron chi connectivity index (χ3n) is 3.83. The van der Waals surface area contributed by atoms with Crippen LogP contribution in [-0.4, -0.2) is 44.4 Å². The second-order valence-electron chi connectivity index (χ2n) is 5.92. The minimum Gasteiger partial charge on any atom is -0.497 e. The second-order valence-corrected chi connectivity index (χ2v) is 5.92. The molecule has 2 aromatic rings. The fraction of sp³-hybridized carbons (Fsp3) is 0.450. The van der Waals surface area contributed by atoms with Crippen molar-refractivity contribution in [2.75, 3.05) is 33.4 Å². The van der Waals surface area contributed by atoms with Crippen molar-refractivity contribution in [1.29, 1.82) is 0 Å². The van der Waals surface area contributed by atoms with Gasteiger partial charge in [-0.1, -0.05) is 12.1 Å². The summed E-state index contributed by atoms with van der Waals surface area (Å²) in [6.45, 7) is 4.84. The summed E-state index contributed by atoms with van der Waals surface area (Å²) in [5.74, 6) is 2.21. The van der Waals surface area contributed by atoms with E-state index in [9.17, 15) is 5.11 Å². The predicted octanol–water partition coefficient (Wildman–Crippen LogP) is 3.10. The van der Waals surface area contributed by atoms with Gasteiger partial charge in [-0.05, 0) is 43.2 Å². The molecule has 28 heavy (non-hydrogen) atoms. The summed E-state index contributed by atoms with van der Waals surface area (Å²) in [6.07, 6.45) is 1.79. The number of methoxy groups -OCH3 is 1. The molecule has 1 heterocycles. The van der Waals surface area contributed by atoms with E-state index in [-0.39, 0.29) is 30.5 Å². The number of hydrogen-bond acceptors (Lipinski definition) is 5. The summed E-state index contributed by atoms with van der Waals surface area (Å²) in [4.78, 5) is 4.45. The zero-order valence-electron chi connectivity index (χ0n) is 16.4. The Kier molecular flexibility index (Phi) is 12.3. The Labute approximate surface area is 183 Å². The van der Waals surface area contributed by atoms with E-state index in [0.29, 0.717) is 19.2 Å². The zero-order valence-corrected chi connectivity index (χ0v) is 18.7. The van der Waals surface area contributed by atoms with Gasteiger partial charge in [0.2, 0.25) is 0 Å². The molecule has 0 aliphatic rings. The monoisotopic (exact) mass is 503 g/mol. The number of halogens is 1. The van der Waals surface area contributed by atoms with Crippen LogP contribution in [0.1, 0.15) is 30.8 Å². The molecule has 156 valence electrons. The summed E-state index contributed by atoms with van der Waals surface area (Å²) >= 11 is 0. The van der Waals surface area contributed by atoms with E-state index >= 15 is 0 Å². The van der Waals surface area contributed by atoms with E-state index in [4.69, 9.17) is 13.9 Å². The largest absolute Gasteiger partial charge is 0.497 e. The lowest BCUT2D eigenvalue weighted by Crippen LogP contribution is -2.38. The van der Waals surface area contributed by atoms with Crippen molar-refractivity contribution >= 4 is 29.9 Å². The number of aliphatic hydroxyl groups excluding tert-OH is 1. The van der Waals surface area contributed by atoms with Gasteiger partial charge in [0.15, 0.2) is 5.96 Å². The highest BCUT2D eigenvalue weighted by Gasteiger charge is 2.08. The van der Waals surface area contributed by atoms with Crippen LogP contribution in [0.5, 0.6) is 5.75 Å². The molecule has 2 rings (SSSR count). The SMILES string of the molecule is CCNC(=NCC(O)c1cccc(OC)c1)NCCCOCc1ccco1.I. The van der Waals surface area contributed by atoms with Crippen LogP contribution in [0.4, 0.5) is 0 Å². The average molecular weight is 503 g/mol. The van der Waals surface area contributed by atoms with E-state index < -0.39 is 6.10 Å². The lowest BCUT2D eigenvalue weighted by atomic mass is 10.1. The number of benzene rings is 1. The number of nitrogens with one attached hydrogen (secondary N) is 2. The van der Waals surface area contributed by atoms with Crippen LogP contribution in [0, 0.1) is 0 Å². The Morgan fingerprint density at radius 3 is 2.82 bits per heavy atom. The minimum absolute atomic E-state index is 0. The van der Waals surface area contributed by atoms with Gasteiger partial charge in [-0.25, -0.2) is 0 Å². The van der Waals surface area contributed by atoms with Crippen LogP contribution in [0.15, 0.2) is 52.1 Å². The van der Waals surface area contributed by atoms with Gasteiger partial charge >= 0.3 is 0 Å². The average Bonchev–Trinajstić information content (AvgIpc) is 3.21. The third kappa shape index (κ3) is 8.94. The number of ether oxygens (including phenoxy) is 2. The van der Waals surface area contributed by atoms with Gasteiger partial charge in [-0.3, -0.25) is 4.99 Å². The predicted molar refractivity (Wildman–Crippen MR) is 120 cm³/mol. The molecule has 7 nitrogen and oxygen atoms in total. The molecule has 0 saturated heterocycles. The van der Waals surface area contributed by atoms with Gasteiger partial charge in [0.1, 0.15) is 18.1 Å². The van der Waals surface area contributed by atoms with Gasteiger partial charge in [-0.2, -0.15) is 0 Å². The summed E-state index contributed by atoms with van der Waals surface area (Å²) in [5.41, 5.74) is 0.778. The normalized spacial score (nSPS) is 12.2. The Bertz CT molecular complexity index is 680. The number of rotatable bonds is 11. The molecule has 0 amide bonds. The van der Waals surface area contributed by atoms with Gasteiger partial charge in [0.05, 0.1) is 26.0 Å². The number of aliphatic hydroxyl groups is 1. The van der Waals surface area contributed by atoms with Gasteiger partial charge < -0.3 is 29.6 Å². The molecular formula is C20H30IN3O4. The smallest absolute Gasteiger partial charge is 0.191 e. The van der Waals surface area contributed by atoms with Gasteiger partial charge in [0.25, 0.3) is 0 Å². The van der Waals surface area contributed by atoms with Crippen molar-refractivity contribution in [3.8, 4) is 5.75 Å². The zero-order chi connectivity index (χ0) is 19.3. The lowest BCUT2D eigenvalue weighted by molar-refractivity contribution is 0.105. The number of nitrogens with zero attached hydrogens (tertiary/aromatic N) is 1. The fourth-order valence-electron chi connectivity index (χ4n) is 2.42. The molecule has 8 heteroatoms. The van der Waals surface area contributed by atoms with E-state index in [1.54, 1.807) is 13.4 Å². The highest BCUT2D eigenvalue weighted by Crippen LogP contribution is 2.19. The molecule has 0 aliphatic heterocycles. The minimum atomic E-state index is -0.688. The molecular weight excluding hydrogens is 473 g/mol. The maximum absolute atomic E-state index is 10.3.